The second-order valence-corrected chi connectivity index (χ2v) is 4.98. The van der Waals surface area contributed by atoms with Gasteiger partial charge in [-0.05, 0) is 37.6 Å². The molecule has 0 spiro atoms. The molecule has 0 aliphatic heterocycles. The molecular formula is C16H16N4O. The number of benzene rings is 1. The van der Waals surface area contributed by atoms with E-state index in [1.54, 1.807) is 17.1 Å². The van der Waals surface area contributed by atoms with Crippen LogP contribution in [0.4, 0.5) is 0 Å². The number of aryl methyl sites for hydroxylation is 2. The molecule has 0 radical (unpaired) electrons. The summed E-state index contributed by atoms with van der Waals surface area (Å²) in [5, 5.41) is 17.8. The van der Waals surface area contributed by atoms with E-state index in [0.29, 0.717) is 5.69 Å². The third-order valence-electron chi connectivity index (χ3n) is 3.42. The summed E-state index contributed by atoms with van der Waals surface area (Å²) in [6.07, 6.45) is 3.44. The lowest BCUT2D eigenvalue weighted by Crippen LogP contribution is -2.02. The first-order valence-corrected chi connectivity index (χ1v) is 6.74. The van der Waals surface area contributed by atoms with Gasteiger partial charge in [-0.3, -0.25) is 4.98 Å². The molecule has 106 valence electrons. The Hall–Kier alpha value is -2.53. The maximum Gasteiger partial charge on any atom is 0.117 e. The van der Waals surface area contributed by atoms with Gasteiger partial charge in [-0.1, -0.05) is 22.9 Å². The van der Waals surface area contributed by atoms with Gasteiger partial charge in [0.1, 0.15) is 11.4 Å². The summed E-state index contributed by atoms with van der Waals surface area (Å²) in [4.78, 5) is 4.03. The fourth-order valence-corrected chi connectivity index (χ4v) is 2.43. The van der Waals surface area contributed by atoms with Gasteiger partial charge in [-0.25, -0.2) is 4.68 Å². The van der Waals surface area contributed by atoms with Crippen molar-refractivity contribution in [1.29, 1.82) is 0 Å². The summed E-state index contributed by atoms with van der Waals surface area (Å²) in [5.41, 5.74) is 5.55. The van der Waals surface area contributed by atoms with E-state index in [2.05, 4.69) is 28.3 Å². The minimum Gasteiger partial charge on any atom is -0.390 e. The second kappa shape index (κ2) is 5.46. The highest BCUT2D eigenvalue weighted by atomic mass is 16.3. The van der Waals surface area contributed by atoms with E-state index in [1.807, 2.05) is 31.2 Å². The van der Waals surface area contributed by atoms with Crippen molar-refractivity contribution in [2.24, 2.45) is 0 Å². The van der Waals surface area contributed by atoms with Gasteiger partial charge in [0.2, 0.25) is 0 Å². The number of hydrogen-bond acceptors (Lipinski definition) is 4. The number of nitrogens with zero attached hydrogens (tertiary/aromatic N) is 4. The fourth-order valence-electron chi connectivity index (χ4n) is 2.43. The third-order valence-corrected chi connectivity index (χ3v) is 3.42. The normalized spacial score (nSPS) is 10.8. The smallest absolute Gasteiger partial charge is 0.117 e. The molecule has 0 fully saturated rings. The van der Waals surface area contributed by atoms with Gasteiger partial charge in [0, 0.05) is 18.0 Å². The Balaban J connectivity index is 2.22. The van der Waals surface area contributed by atoms with Gasteiger partial charge in [0.25, 0.3) is 0 Å². The van der Waals surface area contributed by atoms with Crippen molar-refractivity contribution in [2.45, 2.75) is 20.5 Å². The summed E-state index contributed by atoms with van der Waals surface area (Å²) in [6, 6.07) is 9.94. The van der Waals surface area contributed by atoms with Crippen LogP contribution in [0.5, 0.6) is 0 Å². The van der Waals surface area contributed by atoms with Crippen molar-refractivity contribution in [2.75, 3.05) is 0 Å². The van der Waals surface area contributed by atoms with Crippen LogP contribution >= 0.6 is 0 Å². The Morgan fingerprint density at radius 2 is 1.86 bits per heavy atom. The number of aromatic nitrogens is 4. The highest BCUT2D eigenvalue weighted by Crippen LogP contribution is 2.26. The second-order valence-electron chi connectivity index (χ2n) is 4.98. The lowest BCUT2D eigenvalue weighted by Gasteiger charge is -2.10. The maximum absolute atomic E-state index is 9.52. The van der Waals surface area contributed by atoms with Crippen molar-refractivity contribution < 1.29 is 5.11 Å². The van der Waals surface area contributed by atoms with Gasteiger partial charge in [0.05, 0.1) is 12.3 Å². The summed E-state index contributed by atoms with van der Waals surface area (Å²) in [6.45, 7) is 3.95. The van der Waals surface area contributed by atoms with Gasteiger partial charge in [0.15, 0.2) is 0 Å². The standard InChI is InChI=1S/C16H16N4O/c1-11-3-4-15(12(2)9-11)20-16(14(10-21)18-19-20)13-5-7-17-8-6-13/h3-9,21H,10H2,1-2H3. The molecule has 0 bridgehead atoms. The number of aliphatic hydroxyl groups is 1. The first-order valence-electron chi connectivity index (χ1n) is 6.74. The molecular weight excluding hydrogens is 264 g/mol. The van der Waals surface area contributed by atoms with Crippen LogP contribution in [-0.2, 0) is 6.61 Å². The monoisotopic (exact) mass is 280 g/mol. The lowest BCUT2D eigenvalue weighted by atomic mass is 10.1. The molecule has 0 amide bonds. The molecule has 5 nitrogen and oxygen atoms in total. The van der Waals surface area contributed by atoms with Crippen molar-refractivity contribution in [1.82, 2.24) is 20.0 Å². The van der Waals surface area contributed by atoms with Crippen LogP contribution in [0.1, 0.15) is 16.8 Å². The molecule has 5 heteroatoms. The maximum atomic E-state index is 9.52. The van der Waals surface area contributed by atoms with E-state index < -0.39 is 0 Å². The molecule has 0 saturated carbocycles. The molecule has 3 aromatic rings. The highest BCUT2D eigenvalue weighted by Gasteiger charge is 2.16. The molecule has 0 atom stereocenters. The zero-order valence-electron chi connectivity index (χ0n) is 12.0. The Kier molecular flexibility index (Phi) is 3.50. The van der Waals surface area contributed by atoms with Crippen LogP contribution in [0.25, 0.3) is 16.9 Å². The van der Waals surface area contributed by atoms with Gasteiger partial charge >= 0.3 is 0 Å². The van der Waals surface area contributed by atoms with Crippen molar-refractivity contribution >= 4 is 0 Å². The Bertz CT molecular complexity index is 765. The molecule has 21 heavy (non-hydrogen) atoms. The Morgan fingerprint density at radius 1 is 1.10 bits per heavy atom. The molecule has 0 aliphatic rings. The molecule has 3 rings (SSSR count). The third kappa shape index (κ3) is 2.43. The Morgan fingerprint density at radius 3 is 2.52 bits per heavy atom. The average Bonchev–Trinajstić information content (AvgIpc) is 2.92. The zero-order valence-corrected chi connectivity index (χ0v) is 12.0. The molecule has 1 aromatic carbocycles. The molecule has 1 N–H and O–H groups in total. The Labute approximate surface area is 122 Å². The van der Waals surface area contributed by atoms with E-state index in [0.717, 1.165) is 22.5 Å². The molecule has 0 aliphatic carbocycles. The van der Waals surface area contributed by atoms with Crippen LogP contribution in [0, 0.1) is 13.8 Å². The number of pyridine rings is 1. The number of hydrogen-bond donors (Lipinski definition) is 1. The highest BCUT2D eigenvalue weighted by molar-refractivity contribution is 5.64. The predicted molar refractivity (Wildman–Crippen MR) is 80.0 cm³/mol. The fraction of sp³-hybridized carbons (Fsp3) is 0.188. The van der Waals surface area contributed by atoms with Crippen molar-refractivity contribution in [3.05, 3.63) is 59.5 Å². The van der Waals surface area contributed by atoms with Crippen LogP contribution in [-0.4, -0.2) is 25.1 Å². The SMILES string of the molecule is Cc1ccc(-n2nnc(CO)c2-c2ccncc2)c(C)c1. The quantitative estimate of drug-likeness (QED) is 0.800. The topological polar surface area (TPSA) is 63.8 Å². The first-order chi connectivity index (χ1) is 10.2. The minimum atomic E-state index is -0.150. The molecule has 0 saturated heterocycles. The first kappa shape index (κ1) is 13.5. The summed E-state index contributed by atoms with van der Waals surface area (Å²) in [5.74, 6) is 0. The lowest BCUT2D eigenvalue weighted by molar-refractivity contribution is 0.277. The van der Waals surface area contributed by atoms with Crippen molar-refractivity contribution in [3.63, 3.8) is 0 Å². The average molecular weight is 280 g/mol. The predicted octanol–water partition coefficient (Wildman–Crippen LogP) is 2.44. The zero-order chi connectivity index (χ0) is 14.8. The van der Waals surface area contributed by atoms with Crippen molar-refractivity contribution in [3.8, 4) is 16.9 Å². The van der Waals surface area contributed by atoms with E-state index in [9.17, 15) is 5.11 Å². The largest absolute Gasteiger partial charge is 0.390 e. The molecule has 2 heterocycles. The summed E-state index contributed by atoms with van der Waals surface area (Å²) >= 11 is 0. The molecule has 2 aromatic heterocycles. The van der Waals surface area contributed by atoms with E-state index in [-0.39, 0.29) is 6.61 Å². The van der Waals surface area contributed by atoms with E-state index in [1.165, 1.54) is 5.56 Å². The van der Waals surface area contributed by atoms with Crippen LogP contribution < -0.4 is 0 Å². The van der Waals surface area contributed by atoms with Crippen LogP contribution in [0.3, 0.4) is 0 Å². The van der Waals surface area contributed by atoms with Gasteiger partial charge < -0.3 is 5.11 Å². The molecule has 0 unspecified atom stereocenters. The van der Waals surface area contributed by atoms with Gasteiger partial charge in [-0.2, -0.15) is 0 Å². The van der Waals surface area contributed by atoms with Crippen LogP contribution in [0.2, 0.25) is 0 Å². The van der Waals surface area contributed by atoms with E-state index in [4.69, 9.17) is 0 Å². The minimum absolute atomic E-state index is 0.150. The number of rotatable bonds is 3. The van der Waals surface area contributed by atoms with Crippen LogP contribution in [0.15, 0.2) is 42.7 Å². The van der Waals surface area contributed by atoms with Gasteiger partial charge in [-0.15, -0.1) is 5.10 Å². The summed E-state index contributed by atoms with van der Waals surface area (Å²) < 4.78 is 1.77. The van der Waals surface area contributed by atoms with E-state index >= 15 is 0 Å². The number of aliphatic hydroxyl groups excluding tert-OH is 1. The summed E-state index contributed by atoms with van der Waals surface area (Å²) in [7, 11) is 0.